The van der Waals surface area contributed by atoms with Crippen molar-refractivity contribution in [2.24, 2.45) is 5.84 Å². The van der Waals surface area contributed by atoms with Crippen LogP contribution in [-0.2, 0) is 0 Å². The quantitative estimate of drug-likeness (QED) is 0.661. The lowest BCUT2D eigenvalue weighted by molar-refractivity contribution is 0.0983. The second-order valence-electron chi connectivity index (χ2n) is 4.46. The van der Waals surface area contributed by atoms with Crippen molar-refractivity contribution in [2.75, 3.05) is 16.9 Å². The van der Waals surface area contributed by atoms with E-state index in [0.717, 1.165) is 11.3 Å². The zero-order chi connectivity index (χ0) is 14.5. The summed E-state index contributed by atoms with van der Waals surface area (Å²) < 4.78 is 0. The third-order valence-electron chi connectivity index (χ3n) is 3.02. The Hall–Kier alpha value is -2.40. The molecule has 104 valence electrons. The Balaban J connectivity index is 2.33. The molecule has 3 N–H and O–H groups in total. The average molecular weight is 270 g/mol. The number of amides is 1. The maximum atomic E-state index is 12.6. The van der Waals surface area contributed by atoms with Gasteiger partial charge in [0.05, 0.1) is 5.69 Å². The number of benzene rings is 1. The van der Waals surface area contributed by atoms with Crippen LogP contribution in [0.2, 0.25) is 0 Å². The van der Waals surface area contributed by atoms with E-state index in [9.17, 15) is 4.79 Å². The average Bonchev–Trinajstić information content (AvgIpc) is 2.48. The Bertz CT molecular complexity index is 612. The van der Waals surface area contributed by atoms with Crippen molar-refractivity contribution in [1.82, 2.24) is 4.98 Å². The number of aromatic nitrogens is 1. The molecule has 0 aliphatic heterocycles. The molecule has 2 rings (SSSR count). The monoisotopic (exact) mass is 270 g/mol. The van der Waals surface area contributed by atoms with Crippen LogP contribution in [0.15, 0.2) is 42.6 Å². The predicted octanol–water partition coefficient (Wildman–Crippen LogP) is 2.34. The molecule has 0 aliphatic carbocycles. The summed E-state index contributed by atoms with van der Waals surface area (Å²) in [6.07, 6.45) is 1.56. The number of nitrogens with one attached hydrogen (secondary N) is 1. The topological polar surface area (TPSA) is 71.2 Å². The van der Waals surface area contributed by atoms with Gasteiger partial charge in [0.15, 0.2) is 0 Å². The number of nitrogen functional groups attached to an aromatic ring is 1. The zero-order valence-electron chi connectivity index (χ0n) is 11.6. The second kappa shape index (κ2) is 6.16. The Morgan fingerprint density at radius 2 is 2.15 bits per heavy atom. The summed E-state index contributed by atoms with van der Waals surface area (Å²) in [7, 11) is 0. The molecule has 0 unspecified atom stereocenters. The van der Waals surface area contributed by atoms with Crippen molar-refractivity contribution in [3.8, 4) is 0 Å². The highest BCUT2D eigenvalue weighted by atomic mass is 16.2. The fraction of sp³-hybridized carbons (Fsp3) is 0.200. The number of carbonyl (C=O) groups is 1. The lowest BCUT2D eigenvalue weighted by Gasteiger charge is -2.21. The van der Waals surface area contributed by atoms with E-state index in [4.69, 9.17) is 5.84 Å². The van der Waals surface area contributed by atoms with Gasteiger partial charge in [0.25, 0.3) is 5.91 Å². The fourth-order valence-electron chi connectivity index (χ4n) is 2.01. The molecule has 1 aromatic carbocycles. The third-order valence-corrected chi connectivity index (χ3v) is 3.02. The lowest BCUT2D eigenvalue weighted by Crippen LogP contribution is -2.31. The van der Waals surface area contributed by atoms with Gasteiger partial charge in [0.2, 0.25) is 0 Å². The van der Waals surface area contributed by atoms with Gasteiger partial charge in [-0.15, -0.1) is 0 Å². The molecule has 5 heteroatoms. The van der Waals surface area contributed by atoms with E-state index in [2.05, 4.69) is 10.4 Å². The number of nitrogens with two attached hydrogens (primary N) is 1. The van der Waals surface area contributed by atoms with E-state index in [1.807, 2.05) is 38.1 Å². The molecule has 1 amide bonds. The molecule has 0 bridgehead atoms. The van der Waals surface area contributed by atoms with Crippen molar-refractivity contribution < 1.29 is 4.79 Å². The van der Waals surface area contributed by atoms with Crippen LogP contribution in [-0.4, -0.2) is 17.4 Å². The van der Waals surface area contributed by atoms with Crippen LogP contribution in [0.4, 0.5) is 11.4 Å². The molecular weight excluding hydrogens is 252 g/mol. The van der Waals surface area contributed by atoms with Crippen LogP contribution < -0.4 is 16.2 Å². The first kappa shape index (κ1) is 14.0. The Labute approximate surface area is 118 Å². The number of rotatable bonds is 4. The molecule has 0 fully saturated rings. The van der Waals surface area contributed by atoms with E-state index < -0.39 is 0 Å². The molecule has 0 spiro atoms. The van der Waals surface area contributed by atoms with Crippen molar-refractivity contribution in [1.29, 1.82) is 0 Å². The van der Waals surface area contributed by atoms with Crippen molar-refractivity contribution in [3.63, 3.8) is 0 Å². The van der Waals surface area contributed by atoms with E-state index in [-0.39, 0.29) is 5.91 Å². The third kappa shape index (κ3) is 2.95. The molecule has 0 saturated heterocycles. The molecule has 1 aromatic heterocycles. The second-order valence-corrected chi connectivity index (χ2v) is 4.46. The van der Waals surface area contributed by atoms with Crippen LogP contribution in [0.5, 0.6) is 0 Å². The highest BCUT2D eigenvalue weighted by Gasteiger charge is 2.17. The molecule has 5 nitrogen and oxygen atoms in total. The fourth-order valence-corrected chi connectivity index (χ4v) is 2.01. The Kier molecular flexibility index (Phi) is 4.32. The molecule has 2 aromatic rings. The highest BCUT2D eigenvalue weighted by molar-refractivity contribution is 6.05. The highest BCUT2D eigenvalue weighted by Crippen LogP contribution is 2.18. The summed E-state index contributed by atoms with van der Waals surface area (Å²) in [6.45, 7) is 4.51. The number of aryl methyl sites for hydroxylation is 1. The minimum atomic E-state index is -0.143. The molecule has 0 atom stereocenters. The smallest absolute Gasteiger partial charge is 0.276 e. The minimum Gasteiger partial charge on any atom is -0.324 e. The molecule has 1 heterocycles. The van der Waals surface area contributed by atoms with Gasteiger partial charge < -0.3 is 10.3 Å². The van der Waals surface area contributed by atoms with E-state index in [1.165, 1.54) is 0 Å². The first-order chi connectivity index (χ1) is 9.65. The number of hydrogen-bond donors (Lipinski definition) is 2. The minimum absolute atomic E-state index is 0.143. The van der Waals surface area contributed by atoms with Gasteiger partial charge in [0, 0.05) is 18.4 Å². The van der Waals surface area contributed by atoms with Crippen LogP contribution in [0.1, 0.15) is 23.0 Å². The largest absolute Gasteiger partial charge is 0.324 e. The summed E-state index contributed by atoms with van der Waals surface area (Å²) >= 11 is 0. The van der Waals surface area contributed by atoms with Gasteiger partial charge in [-0.2, -0.15) is 0 Å². The number of carbonyl (C=O) groups excluding carboxylic acids is 1. The maximum absolute atomic E-state index is 12.6. The van der Waals surface area contributed by atoms with Crippen molar-refractivity contribution in [2.45, 2.75) is 13.8 Å². The van der Waals surface area contributed by atoms with E-state index in [1.54, 1.807) is 23.2 Å². The SMILES string of the molecule is CCN(C(=O)c1cc(NN)ccn1)c1cccc(C)c1. The molecule has 0 saturated carbocycles. The first-order valence-electron chi connectivity index (χ1n) is 6.47. The lowest BCUT2D eigenvalue weighted by atomic mass is 10.2. The number of nitrogens with zero attached hydrogens (tertiary/aromatic N) is 2. The Morgan fingerprint density at radius 1 is 1.35 bits per heavy atom. The summed E-state index contributed by atoms with van der Waals surface area (Å²) in [5, 5.41) is 0. The van der Waals surface area contributed by atoms with Gasteiger partial charge in [-0.1, -0.05) is 12.1 Å². The Morgan fingerprint density at radius 3 is 2.80 bits per heavy atom. The van der Waals surface area contributed by atoms with Gasteiger partial charge >= 0.3 is 0 Å². The summed E-state index contributed by atoms with van der Waals surface area (Å²) in [5.41, 5.74) is 5.51. The van der Waals surface area contributed by atoms with Crippen LogP contribution in [0, 0.1) is 6.92 Å². The zero-order valence-corrected chi connectivity index (χ0v) is 11.6. The van der Waals surface area contributed by atoms with Crippen molar-refractivity contribution >= 4 is 17.3 Å². The van der Waals surface area contributed by atoms with Gasteiger partial charge in [-0.05, 0) is 43.7 Å². The summed E-state index contributed by atoms with van der Waals surface area (Å²) in [5.74, 6) is 5.21. The summed E-state index contributed by atoms with van der Waals surface area (Å²) in [4.78, 5) is 18.4. The van der Waals surface area contributed by atoms with Gasteiger partial charge in [-0.25, -0.2) is 0 Å². The maximum Gasteiger partial charge on any atom is 0.276 e. The van der Waals surface area contributed by atoms with E-state index >= 15 is 0 Å². The molecule has 0 radical (unpaired) electrons. The molecular formula is C15H18N4O. The first-order valence-corrected chi connectivity index (χ1v) is 6.47. The van der Waals surface area contributed by atoms with Crippen LogP contribution in [0.25, 0.3) is 0 Å². The number of pyridine rings is 1. The van der Waals surface area contributed by atoms with Gasteiger partial charge in [-0.3, -0.25) is 15.6 Å². The predicted molar refractivity (Wildman–Crippen MR) is 80.6 cm³/mol. The normalized spacial score (nSPS) is 10.2. The van der Waals surface area contributed by atoms with Crippen LogP contribution in [0.3, 0.4) is 0 Å². The molecule has 20 heavy (non-hydrogen) atoms. The number of hydrogen-bond acceptors (Lipinski definition) is 4. The number of hydrazine groups is 1. The number of anilines is 2. The van der Waals surface area contributed by atoms with Crippen LogP contribution >= 0.6 is 0 Å². The molecule has 0 aliphatic rings. The van der Waals surface area contributed by atoms with Gasteiger partial charge in [0.1, 0.15) is 5.69 Å². The van der Waals surface area contributed by atoms with Crippen molar-refractivity contribution in [3.05, 3.63) is 53.9 Å². The van der Waals surface area contributed by atoms with E-state index in [0.29, 0.717) is 17.9 Å². The summed E-state index contributed by atoms with van der Waals surface area (Å²) in [6, 6.07) is 11.2. The standard InChI is InChI=1S/C15H18N4O/c1-3-19(13-6-4-5-11(2)9-13)15(20)14-10-12(18-16)7-8-17-14/h4-10H,3,16H2,1-2H3,(H,17,18).